The third-order valence-corrected chi connectivity index (χ3v) is 2.16. The summed E-state index contributed by atoms with van der Waals surface area (Å²) in [5.74, 6) is 1.39. The maximum absolute atomic E-state index is 12.6. The standard InChI is InChI=1S/C12H13FN2O2/c1-2-3-11-14-12(17-15-11)8-16-10-6-4-9(13)5-7-10/h4-7H,2-3,8H2,1H3. The lowest BCUT2D eigenvalue weighted by molar-refractivity contribution is 0.242. The smallest absolute Gasteiger partial charge is 0.264 e. The molecule has 0 aliphatic rings. The van der Waals surface area contributed by atoms with Crippen LogP contribution in [-0.4, -0.2) is 10.1 Å². The van der Waals surface area contributed by atoms with Crippen molar-refractivity contribution in [2.75, 3.05) is 0 Å². The first kappa shape index (κ1) is 11.6. The van der Waals surface area contributed by atoms with Crippen LogP contribution >= 0.6 is 0 Å². The molecule has 0 aliphatic carbocycles. The molecule has 1 aromatic heterocycles. The van der Waals surface area contributed by atoms with Gasteiger partial charge in [-0.3, -0.25) is 0 Å². The zero-order chi connectivity index (χ0) is 12.1. The van der Waals surface area contributed by atoms with Crippen LogP contribution in [0.15, 0.2) is 28.8 Å². The minimum Gasteiger partial charge on any atom is -0.484 e. The van der Waals surface area contributed by atoms with E-state index < -0.39 is 0 Å². The molecule has 0 fully saturated rings. The van der Waals surface area contributed by atoms with Gasteiger partial charge >= 0.3 is 0 Å². The number of aryl methyl sites for hydroxylation is 1. The summed E-state index contributed by atoms with van der Waals surface area (Å²) in [6, 6.07) is 5.79. The lowest BCUT2D eigenvalue weighted by Crippen LogP contribution is -1.96. The second kappa shape index (κ2) is 5.43. The Bertz CT molecular complexity index is 468. The lowest BCUT2D eigenvalue weighted by atomic mass is 10.3. The Morgan fingerprint density at radius 1 is 1.29 bits per heavy atom. The lowest BCUT2D eigenvalue weighted by Gasteiger charge is -2.01. The number of benzene rings is 1. The molecule has 0 saturated carbocycles. The van der Waals surface area contributed by atoms with Gasteiger partial charge in [0.15, 0.2) is 12.4 Å². The molecule has 4 nitrogen and oxygen atoms in total. The van der Waals surface area contributed by atoms with Crippen LogP contribution in [0.4, 0.5) is 4.39 Å². The van der Waals surface area contributed by atoms with Crippen LogP contribution < -0.4 is 4.74 Å². The van der Waals surface area contributed by atoms with E-state index in [1.54, 1.807) is 12.1 Å². The quantitative estimate of drug-likeness (QED) is 0.800. The summed E-state index contributed by atoms with van der Waals surface area (Å²) in [5.41, 5.74) is 0. The van der Waals surface area contributed by atoms with E-state index in [0.29, 0.717) is 17.5 Å². The zero-order valence-electron chi connectivity index (χ0n) is 9.52. The van der Waals surface area contributed by atoms with Crippen LogP contribution in [0.5, 0.6) is 5.75 Å². The Morgan fingerprint density at radius 3 is 2.76 bits per heavy atom. The number of hydrogen-bond acceptors (Lipinski definition) is 4. The van der Waals surface area contributed by atoms with E-state index in [2.05, 4.69) is 10.1 Å². The largest absolute Gasteiger partial charge is 0.484 e. The Kier molecular flexibility index (Phi) is 3.69. The highest BCUT2D eigenvalue weighted by Crippen LogP contribution is 2.13. The highest BCUT2D eigenvalue weighted by molar-refractivity contribution is 5.22. The van der Waals surface area contributed by atoms with Gasteiger partial charge in [-0.2, -0.15) is 4.98 Å². The number of ether oxygens (including phenoxy) is 1. The second-order valence-corrected chi connectivity index (χ2v) is 3.60. The second-order valence-electron chi connectivity index (χ2n) is 3.60. The predicted octanol–water partition coefficient (Wildman–Crippen LogP) is 2.74. The summed E-state index contributed by atoms with van der Waals surface area (Å²) >= 11 is 0. The number of rotatable bonds is 5. The first-order chi connectivity index (χ1) is 8.28. The summed E-state index contributed by atoms with van der Waals surface area (Å²) in [6.07, 6.45) is 1.76. The first-order valence-electron chi connectivity index (χ1n) is 5.47. The molecule has 5 heteroatoms. The third kappa shape index (κ3) is 3.27. The van der Waals surface area contributed by atoms with Crippen molar-refractivity contribution >= 4 is 0 Å². The number of hydrogen-bond donors (Lipinski definition) is 0. The molecule has 1 heterocycles. The van der Waals surface area contributed by atoms with Crippen LogP contribution in [0, 0.1) is 5.82 Å². The molecule has 0 atom stereocenters. The Hall–Kier alpha value is -1.91. The average molecular weight is 236 g/mol. The van der Waals surface area contributed by atoms with Crippen molar-refractivity contribution in [3.63, 3.8) is 0 Å². The predicted molar refractivity (Wildman–Crippen MR) is 59.0 cm³/mol. The van der Waals surface area contributed by atoms with Crippen LogP contribution in [0.1, 0.15) is 25.1 Å². The molecule has 1 aromatic carbocycles. The molecule has 0 amide bonds. The van der Waals surface area contributed by atoms with Crippen LogP contribution in [-0.2, 0) is 13.0 Å². The highest BCUT2D eigenvalue weighted by atomic mass is 19.1. The van der Waals surface area contributed by atoms with Gasteiger partial charge in [0.05, 0.1) is 0 Å². The molecule has 2 rings (SSSR count). The summed E-state index contributed by atoms with van der Waals surface area (Å²) < 4.78 is 23.0. The van der Waals surface area contributed by atoms with Gasteiger partial charge in [0.1, 0.15) is 11.6 Å². The summed E-state index contributed by atoms with van der Waals surface area (Å²) in [6.45, 7) is 2.24. The van der Waals surface area contributed by atoms with Crippen LogP contribution in [0.25, 0.3) is 0 Å². The van der Waals surface area contributed by atoms with Crippen molar-refractivity contribution in [1.82, 2.24) is 10.1 Å². The normalized spacial score (nSPS) is 10.5. The van der Waals surface area contributed by atoms with Crippen molar-refractivity contribution in [2.45, 2.75) is 26.4 Å². The van der Waals surface area contributed by atoms with E-state index in [0.717, 1.165) is 12.8 Å². The van der Waals surface area contributed by atoms with E-state index in [1.165, 1.54) is 12.1 Å². The van der Waals surface area contributed by atoms with Gasteiger partial charge in [-0.05, 0) is 30.7 Å². The fraction of sp³-hybridized carbons (Fsp3) is 0.333. The van der Waals surface area contributed by atoms with Gasteiger partial charge in [0, 0.05) is 6.42 Å². The molecular weight excluding hydrogens is 223 g/mol. The van der Waals surface area contributed by atoms with Gasteiger partial charge in [-0.25, -0.2) is 4.39 Å². The summed E-state index contributed by atoms with van der Waals surface area (Å²) in [4.78, 5) is 4.16. The van der Waals surface area contributed by atoms with Crippen LogP contribution in [0.2, 0.25) is 0 Å². The summed E-state index contributed by atoms with van der Waals surface area (Å²) in [5, 5.41) is 3.81. The molecule has 0 unspecified atom stereocenters. The van der Waals surface area contributed by atoms with Gasteiger partial charge in [0.25, 0.3) is 5.89 Å². The molecule has 0 saturated heterocycles. The molecule has 90 valence electrons. The summed E-state index contributed by atoms with van der Waals surface area (Å²) in [7, 11) is 0. The van der Waals surface area contributed by atoms with Gasteiger partial charge in [-0.1, -0.05) is 12.1 Å². The average Bonchev–Trinajstić information content (AvgIpc) is 2.77. The van der Waals surface area contributed by atoms with E-state index in [4.69, 9.17) is 9.26 Å². The van der Waals surface area contributed by atoms with E-state index >= 15 is 0 Å². The van der Waals surface area contributed by atoms with Gasteiger partial charge in [0.2, 0.25) is 0 Å². The molecule has 0 spiro atoms. The maximum Gasteiger partial charge on any atom is 0.264 e. The number of halogens is 1. The van der Waals surface area contributed by atoms with Crippen molar-refractivity contribution in [3.05, 3.63) is 41.8 Å². The van der Waals surface area contributed by atoms with Gasteiger partial charge < -0.3 is 9.26 Å². The maximum atomic E-state index is 12.6. The highest BCUT2D eigenvalue weighted by Gasteiger charge is 2.06. The molecule has 0 radical (unpaired) electrons. The monoisotopic (exact) mass is 236 g/mol. The Labute approximate surface area is 98.4 Å². The van der Waals surface area contributed by atoms with E-state index in [-0.39, 0.29) is 12.4 Å². The number of aromatic nitrogens is 2. The van der Waals surface area contributed by atoms with Crippen molar-refractivity contribution in [1.29, 1.82) is 0 Å². The fourth-order valence-corrected chi connectivity index (χ4v) is 1.35. The molecule has 0 aliphatic heterocycles. The SMILES string of the molecule is CCCc1noc(COc2ccc(F)cc2)n1. The van der Waals surface area contributed by atoms with E-state index in [9.17, 15) is 4.39 Å². The van der Waals surface area contributed by atoms with Crippen LogP contribution in [0.3, 0.4) is 0 Å². The Balaban J connectivity index is 1.90. The fourth-order valence-electron chi connectivity index (χ4n) is 1.35. The topological polar surface area (TPSA) is 48.2 Å². The van der Waals surface area contributed by atoms with Crippen molar-refractivity contribution < 1.29 is 13.7 Å². The molecule has 0 N–H and O–H groups in total. The first-order valence-corrected chi connectivity index (χ1v) is 5.47. The minimum atomic E-state index is -0.291. The van der Waals surface area contributed by atoms with Crippen molar-refractivity contribution in [3.8, 4) is 5.75 Å². The van der Waals surface area contributed by atoms with Crippen molar-refractivity contribution in [2.24, 2.45) is 0 Å². The molecule has 17 heavy (non-hydrogen) atoms. The molecular formula is C12H13FN2O2. The molecule has 0 bridgehead atoms. The Morgan fingerprint density at radius 2 is 2.06 bits per heavy atom. The zero-order valence-corrected chi connectivity index (χ0v) is 9.52. The molecule has 2 aromatic rings. The van der Waals surface area contributed by atoms with Gasteiger partial charge in [-0.15, -0.1) is 0 Å². The number of nitrogens with zero attached hydrogens (tertiary/aromatic N) is 2. The minimum absolute atomic E-state index is 0.197. The van der Waals surface area contributed by atoms with E-state index in [1.807, 2.05) is 6.92 Å². The third-order valence-electron chi connectivity index (χ3n) is 2.16.